The molecule has 3 saturated carbocycles. The molecule has 1 saturated heterocycles. The number of ether oxygens (including phenoxy) is 1. The number of carbonyl (C=O) groups excluding carboxylic acids is 2. The SMILES string of the molecule is CC(=O)OC1CCC2(C)C(=CCC3C4C/C(=C\N5CCCC5)C(=O)C4(C)CCC32)C1. The molecule has 1 aliphatic heterocycles. The van der Waals surface area contributed by atoms with Crippen LogP contribution in [0.1, 0.15) is 78.6 Å². The van der Waals surface area contributed by atoms with Crippen LogP contribution in [-0.4, -0.2) is 35.8 Å². The van der Waals surface area contributed by atoms with Gasteiger partial charge in [-0.25, -0.2) is 0 Å². The van der Waals surface area contributed by atoms with Crippen LogP contribution in [0.2, 0.25) is 0 Å². The van der Waals surface area contributed by atoms with Crippen LogP contribution in [0.4, 0.5) is 0 Å². The van der Waals surface area contributed by atoms with E-state index < -0.39 is 0 Å². The minimum absolute atomic E-state index is 0.0512. The molecule has 1 heterocycles. The molecule has 5 aliphatic rings. The molecular weight excluding hydrogens is 374 g/mol. The zero-order valence-electron chi connectivity index (χ0n) is 18.9. The average molecular weight is 412 g/mol. The zero-order chi connectivity index (χ0) is 21.1. The number of likely N-dealkylation sites (tertiary alicyclic amines) is 1. The van der Waals surface area contributed by atoms with E-state index in [-0.39, 0.29) is 22.9 Å². The topological polar surface area (TPSA) is 46.6 Å². The maximum atomic E-state index is 13.5. The molecule has 0 bridgehead atoms. The third kappa shape index (κ3) is 3.08. The van der Waals surface area contributed by atoms with E-state index in [1.54, 1.807) is 0 Å². The molecule has 30 heavy (non-hydrogen) atoms. The first-order valence-electron chi connectivity index (χ1n) is 12.2. The van der Waals surface area contributed by atoms with E-state index in [1.165, 1.54) is 25.3 Å². The van der Waals surface area contributed by atoms with Gasteiger partial charge < -0.3 is 9.64 Å². The molecule has 4 nitrogen and oxygen atoms in total. The monoisotopic (exact) mass is 411 g/mol. The number of hydrogen-bond donors (Lipinski definition) is 0. The summed E-state index contributed by atoms with van der Waals surface area (Å²) < 4.78 is 5.56. The van der Waals surface area contributed by atoms with Crippen LogP contribution in [-0.2, 0) is 14.3 Å². The molecule has 6 unspecified atom stereocenters. The first-order valence-corrected chi connectivity index (χ1v) is 12.2. The maximum Gasteiger partial charge on any atom is 0.302 e. The van der Waals surface area contributed by atoms with E-state index in [0.717, 1.165) is 63.6 Å². The Hall–Kier alpha value is -1.58. The van der Waals surface area contributed by atoms with Gasteiger partial charge in [-0.3, -0.25) is 9.59 Å². The van der Waals surface area contributed by atoms with Crippen molar-refractivity contribution in [2.45, 2.75) is 84.7 Å². The number of ketones is 1. The van der Waals surface area contributed by atoms with Gasteiger partial charge >= 0.3 is 5.97 Å². The molecule has 6 atom stereocenters. The van der Waals surface area contributed by atoms with Crippen molar-refractivity contribution < 1.29 is 14.3 Å². The second-order valence-corrected chi connectivity index (χ2v) is 11.1. The predicted octanol–water partition coefficient (Wildman–Crippen LogP) is 5.04. The van der Waals surface area contributed by atoms with Gasteiger partial charge in [0.05, 0.1) is 0 Å². The van der Waals surface area contributed by atoms with E-state index in [0.29, 0.717) is 23.5 Å². The summed E-state index contributed by atoms with van der Waals surface area (Å²) in [4.78, 5) is 27.3. The largest absolute Gasteiger partial charge is 0.462 e. The molecule has 4 heteroatoms. The molecule has 0 aromatic rings. The smallest absolute Gasteiger partial charge is 0.302 e. The Morgan fingerprint density at radius 2 is 1.83 bits per heavy atom. The lowest BCUT2D eigenvalue weighted by Gasteiger charge is -2.56. The molecule has 0 aromatic carbocycles. The van der Waals surface area contributed by atoms with Gasteiger partial charge in [-0.05, 0) is 74.5 Å². The number of fused-ring (bicyclic) bond motifs is 5. The normalized spacial score (nSPS) is 44.4. The number of rotatable bonds is 2. The Kier molecular flexibility index (Phi) is 4.91. The first-order chi connectivity index (χ1) is 14.3. The minimum Gasteiger partial charge on any atom is -0.462 e. The second-order valence-electron chi connectivity index (χ2n) is 11.1. The minimum atomic E-state index is -0.163. The fraction of sp³-hybridized carbons (Fsp3) is 0.769. The van der Waals surface area contributed by atoms with E-state index in [2.05, 4.69) is 31.0 Å². The number of Topliss-reactive ketones (excluding diaryl/α,β-unsaturated/α-hetero) is 1. The fourth-order valence-corrected chi connectivity index (χ4v) is 7.84. The van der Waals surface area contributed by atoms with Crippen molar-refractivity contribution in [3.63, 3.8) is 0 Å². The molecule has 4 fully saturated rings. The van der Waals surface area contributed by atoms with Gasteiger partial charge in [-0.2, -0.15) is 0 Å². The summed E-state index contributed by atoms with van der Waals surface area (Å²) in [5.41, 5.74) is 2.67. The van der Waals surface area contributed by atoms with Gasteiger partial charge in [0.2, 0.25) is 0 Å². The van der Waals surface area contributed by atoms with E-state index >= 15 is 0 Å². The summed E-state index contributed by atoms with van der Waals surface area (Å²) in [5.74, 6) is 2.03. The Labute approximate surface area is 181 Å². The summed E-state index contributed by atoms with van der Waals surface area (Å²) in [7, 11) is 0. The lowest BCUT2D eigenvalue weighted by molar-refractivity contribution is -0.148. The molecule has 0 aromatic heterocycles. The lowest BCUT2D eigenvalue weighted by Crippen LogP contribution is -2.50. The van der Waals surface area contributed by atoms with Crippen LogP contribution < -0.4 is 0 Å². The summed E-state index contributed by atoms with van der Waals surface area (Å²) in [6.45, 7) is 8.46. The van der Waals surface area contributed by atoms with E-state index in [4.69, 9.17) is 4.74 Å². The van der Waals surface area contributed by atoms with E-state index in [1.807, 2.05) is 0 Å². The average Bonchev–Trinajstić information content (AvgIpc) is 3.29. The highest BCUT2D eigenvalue weighted by atomic mass is 16.5. The summed E-state index contributed by atoms with van der Waals surface area (Å²) >= 11 is 0. The number of allylic oxidation sites excluding steroid dienone is 2. The van der Waals surface area contributed by atoms with Crippen molar-refractivity contribution in [1.29, 1.82) is 0 Å². The van der Waals surface area contributed by atoms with Gasteiger partial charge in [-0.1, -0.05) is 25.5 Å². The Bertz CT molecular complexity index is 807. The molecule has 164 valence electrons. The number of carbonyl (C=O) groups is 2. The summed E-state index contributed by atoms with van der Waals surface area (Å²) in [6.07, 6.45) is 14.5. The number of hydrogen-bond acceptors (Lipinski definition) is 4. The highest BCUT2D eigenvalue weighted by Crippen LogP contribution is 2.64. The Balaban J connectivity index is 1.40. The van der Waals surface area contributed by atoms with Crippen molar-refractivity contribution in [1.82, 2.24) is 4.90 Å². The van der Waals surface area contributed by atoms with Crippen LogP contribution in [0.15, 0.2) is 23.4 Å². The van der Waals surface area contributed by atoms with Crippen molar-refractivity contribution in [2.24, 2.45) is 28.6 Å². The Morgan fingerprint density at radius 3 is 2.57 bits per heavy atom. The van der Waals surface area contributed by atoms with Crippen molar-refractivity contribution in [3.8, 4) is 0 Å². The van der Waals surface area contributed by atoms with Gasteiger partial charge in [0, 0.05) is 43.6 Å². The lowest BCUT2D eigenvalue weighted by atomic mass is 9.48. The third-order valence-electron chi connectivity index (χ3n) is 9.51. The summed E-state index contributed by atoms with van der Waals surface area (Å²) in [5, 5.41) is 0. The predicted molar refractivity (Wildman–Crippen MR) is 117 cm³/mol. The van der Waals surface area contributed by atoms with Crippen LogP contribution in [0, 0.1) is 28.6 Å². The summed E-state index contributed by atoms with van der Waals surface area (Å²) in [6, 6.07) is 0. The van der Waals surface area contributed by atoms with Crippen LogP contribution in [0.5, 0.6) is 0 Å². The Morgan fingerprint density at radius 1 is 1.10 bits per heavy atom. The zero-order valence-corrected chi connectivity index (χ0v) is 18.9. The van der Waals surface area contributed by atoms with Crippen molar-refractivity contribution in [3.05, 3.63) is 23.4 Å². The van der Waals surface area contributed by atoms with Crippen LogP contribution in [0.3, 0.4) is 0 Å². The van der Waals surface area contributed by atoms with Gasteiger partial charge in [0.25, 0.3) is 0 Å². The molecule has 0 N–H and O–H groups in total. The van der Waals surface area contributed by atoms with Gasteiger partial charge in [0.1, 0.15) is 6.10 Å². The second kappa shape index (κ2) is 7.24. The highest BCUT2D eigenvalue weighted by Gasteiger charge is 2.60. The molecule has 0 radical (unpaired) electrons. The third-order valence-corrected chi connectivity index (χ3v) is 9.51. The van der Waals surface area contributed by atoms with Crippen molar-refractivity contribution in [2.75, 3.05) is 13.1 Å². The molecular formula is C26H37NO3. The molecule has 4 aliphatic carbocycles. The van der Waals surface area contributed by atoms with Gasteiger partial charge in [0.15, 0.2) is 5.78 Å². The fourth-order valence-electron chi connectivity index (χ4n) is 7.84. The number of nitrogens with zero attached hydrogens (tertiary/aromatic N) is 1. The van der Waals surface area contributed by atoms with Crippen LogP contribution in [0.25, 0.3) is 0 Å². The first kappa shape index (κ1) is 20.3. The quantitative estimate of drug-likeness (QED) is 0.363. The highest BCUT2D eigenvalue weighted by molar-refractivity contribution is 6.02. The molecule has 0 amide bonds. The van der Waals surface area contributed by atoms with Crippen molar-refractivity contribution >= 4 is 11.8 Å². The van der Waals surface area contributed by atoms with Crippen LogP contribution >= 0.6 is 0 Å². The van der Waals surface area contributed by atoms with E-state index in [9.17, 15) is 9.59 Å². The molecule has 5 rings (SSSR count). The maximum absolute atomic E-state index is 13.5. The van der Waals surface area contributed by atoms with Gasteiger partial charge in [-0.15, -0.1) is 0 Å². The standard InChI is InChI=1S/C26H37NO3/c1-17(28)30-20-8-10-25(2)19(15-20)6-7-21-22(25)9-11-26(3)23(21)14-18(24(26)29)16-27-12-4-5-13-27/h6,16,20-23H,4-5,7-15H2,1-3H3/b18-16+. The number of esters is 1. The molecule has 0 spiro atoms.